The molecule has 2 aromatic rings. The summed E-state index contributed by atoms with van der Waals surface area (Å²) in [5.74, 6) is -1.27. The first-order valence-corrected chi connectivity index (χ1v) is 11.4. The Bertz CT molecular complexity index is 1110. The molecule has 2 heterocycles. The van der Waals surface area contributed by atoms with E-state index in [9.17, 15) is 24.0 Å². The van der Waals surface area contributed by atoms with Gasteiger partial charge in [0.15, 0.2) is 0 Å². The standard InChI is InChI=1S/C24H30FN5O4/c1-13(2)10-18(23(32)28-15(12-26)5-4-14-8-9-27-22(14)31)30-24(33)19-11-16-20(34-3)7-6-17(25)21(16)29-19/h6-7,11,13-15,18,29H,4-5,8-10H2,1-3H3,(H,27,31)(H,28,32)(H,30,33)/t14-,15+,18+/m1/s1. The van der Waals surface area contributed by atoms with Crippen LogP contribution in [0, 0.1) is 29.0 Å². The first-order valence-electron chi connectivity index (χ1n) is 11.4. The zero-order valence-electron chi connectivity index (χ0n) is 19.5. The number of ether oxygens (including phenoxy) is 1. The van der Waals surface area contributed by atoms with Gasteiger partial charge in [-0.1, -0.05) is 13.8 Å². The number of nitriles is 1. The highest BCUT2D eigenvalue weighted by Gasteiger charge is 2.28. The Labute approximate surface area is 197 Å². The van der Waals surface area contributed by atoms with Crippen LogP contribution in [-0.2, 0) is 9.59 Å². The van der Waals surface area contributed by atoms with Crippen molar-refractivity contribution in [3.63, 3.8) is 0 Å². The molecule has 3 atom stereocenters. The molecule has 4 N–H and O–H groups in total. The molecule has 9 nitrogen and oxygen atoms in total. The zero-order valence-corrected chi connectivity index (χ0v) is 19.5. The summed E-state index contributed by atoms with van der Waals surface area (Å²) >= 11 is 0. The topological polar surface area (TPSA) is 136 Å². The number of H-pyrrole nitrogens is 1. The molecule has 34 heavy (non-hydrogen) atoms. The molecule has 3 amide bonds. The molecule has 1 aromatic carbocycles. The summed E-state index contributed by atoms with van der Waals surface area (Å²) in [6.45, 7) is 4.45. The highest BCUT2D eigenvalue weighted by molar-refractivity contribution is 6.01. The van der Waals surface area contributed by atoms with Gasteiger partial charge in [-0.3, -0.25) is 14.4 Å². The number of fused-ring (bicyclic) bond motifs is 1. The van der Waals surface area contributed by atoms with Crippen LogP contribution in [-0.4, -0.2) is 48.4 Å². The number of nitrogens with zero attached hydrogens (tertiary/aromatic N) is 1. The summed E-state index contributed by atoms with van der Waals surface area (Å²) in [5.41, 5.74) is 0.221. The number of rotatable bonds is 10. The molecule has 0 unspecified atom stereocenters. The minimum atomic E-state index is -0.892. The van der Waals surface area contributed by atoms with E-state index in [0.29, 0.717) is 43.4 Å². The molecule has 10 heteroatoms. The molecule has 182 valence electrons. The first kappa shape index (κ1) is 25.0. The number of halogens is 1. The van der Waals surface area contributed by atoms with Crippen molar-refractivity contribution < 1.29 is 23.5 Å². The molecule has 1 fully saturated rings. The summed E-state index contributed by atoms with van der Waals surface area (Å²) in [6.07, 6.45) is 1.89. The summed E-state index contributed by atoms with van der Waals surface area (Å²) in [6, 6.07) is 4.58. The van der Waals surface area contributed by atoms with Crippen LogP contribution in [0.4, 0.5) is 4.39 Å². The monoisotopic (exact) mass is 471 g/mol. The van der Waals surface area contributed by atoms with E-state index in [1.54, 1.807) is 0 Å². The maximum atomic E-state index is 14.2. The molecule has 0 bridgehead atoms. The number of hydrogen-bond acceptors (Lipinski definition) is 5. The van der Waals surface area contributed by atoms with Crippen molar-refractivity contribution in [2.45, 2.75) is 51.6 Å². The van der Waals surface area contributed by atoms with Gasteiger partial charge in [0, 0.05) is 17.8 Å². The minimum Gasteiger partial charge on any atom is -0.496 e. The lowest BCUT2D eigenvalue weighted by molar-refractivity contribution is -0.123. The van der Waals surface area contributed by atoms with Crippen molar-refractivity contribution in [1.82, 2.24) is 20.9 Å². The second-order valence-corrected chi connectivity index (χ2v) is 8.92. The highest BCUT2D eigenvalue weighted by atomic mass is 19.1. The number of amides is 3. The molecule has 1 saturated heterocycles. The minimum absolute atomic E-state index is 0.0284. The lowest BCUT2D eigenvalue weighted by atomic mass is 9.98. The fourth-order valence-electron chi connectivity index (χ4n) is 4.13. The second-order valence-electron chi connectivity index (χ2n) is 8.92. The van der Waals surface area contributed by atoms with Crippen LogP contribution in [0.25, 0.3) is 10.9 Å². The van der Waals surface area contributed by atoms with Crippen molar-refractivity contribution >= 4 is 28.6 Å². The van der Waals surface area contributed by atoms with E-state index < -0.39 is 29.7 Å². The Balaban J connectivity index is 1.69. The molecular weight excluding hydrogens is 441 g/mol. The molecule has 0 spiro atoms. The normalized spacial score (nSPS) is 17.2. The van der Waals surface area contributed by atoms with Crippen LogP contribution in [0.5, 0.6) is 5.75 Å². The van der Waals surface area contributed by atoms with Gasteiger partial charge < -0.3 is 25.7 Å². The van der Waals surface area contributed by atoms with E-state index in [4.69, 9.17) is 4.74 Å². The van der Waals surface area contributed by atoms with Gasteiger partial charge in [0.1, 0.15) is 29.3 Å². The Hall–Kier alpha value is -3.61. The van der Waals surface area contributed by atoms with E-state index in [-0.39, 0.29) is 29.0 Å². The Morgan fingerprint density at radius 2 is 2.09 bits per heavy atom. The largest absolute Gasteiger partial charge is 0.496 e. The van der Waals surface area contributed by atoms with Gasteiger partial charge in [-0.05, 0) is 49.8 Å². The number of nitrogens with one attached hydrogen (secondary N) is 4. The van der Waals surface area contributed by atoms with Crippen molar-refractivity contribution in [2.75, 3.05) is 13.7 Å². The average molecular weight is 472 g/mol. The third kappa shape index (κ3) is 5.84. The predicted molar refractivity (Wildman–Crippen MR) is 123 cm³/mol. The zero-order chi connectivity index (χ0) is 24.8. The average Bonchev–Trinajstić information content (AvgIpc) is 3.43. The fraction of sp³-hybridized carbons (Fsp3) is 0.500. The smallest absolute Gasteiger partial charge is 0.268 e. The van der Waals surface area contributed by atoms with Crippen LogP contribution in [0.2, 0.25) is 0 Å². The summed E-state index contributed by atoms with van der Waals surface area (Å²) < 4.78 is 19.4. The summed E-state index contributed by atoms with van der Waals surface area (Å²) in [5, 5.41) is 18.0. The van der Waals surface area contributed by atoms with Crippen LogP contribution < -0.4 is 20.7 Å². The lowest BCUT2D eigenvalue weighted by Crippen LogP contribution is -2.50. The van der Waals surface area contributed by atoms with E-state index >= 15 is 0 Å². The van der Waals surface area contributed by atoms with Crippen LogP contribution in [0.1, 0.15) is 50.0 Å². The summed E-state index contributed by atoms with van der Waals surface area (Å²) in [7, 11) is 1.45. The third-order valence-corrected chi connectivity index (χ3v) is 5.94. The number of aromatic nitrogens is 1. The van der Waals surface area contributed by atoms with Gasteiger partial charge in [0.05, 0.1) is 18.7 Å². The Morgan fingerprint density at radius 1 is 1.32 bits per heavy atom. The van der Waals surface area contributed by atoms with E-state index in [0.717, 1.165) is 0 Å². The van der Waals surface area contributed by atoms with Gasteiger partial charge in [-0.25, -0.2) is 4.39 Å². The van der Waals surface area contributed by atoms with Crippen LogP contribution in [0.3, 0.4) is 0 Å². The molecule has 1 aliphatic rings. The van der Waals surface area contributed by atoms with Crippen molar-refractivity contribution in [2.24, 2.45) is 11.8 Å². The van der Waals surface area contributed by atoms with Crippen molar-refractivity contribution in [3.05, 3.63) is 29.7 Å². The van der Waals surface area contributed by atoms with Crippen LogP contribution >= 0.6 is 0 Å². The number of benzene rings is 1. The van der Waals surface area contributed by atoms with Gasteiger partial charge in [-0.15, -0.1) is 0 Å². The SMILES string of the molecule is COc1ccc(F)c2[nH]c(C(=O)N[C@@H](CC(C)C)C(=O)N[C@H](C#N)CC[C@@H]3CCNC3=O)cc12. The number of carbonyl (C=O) groups is 3. The predicted octanol–water partition coefficient (Wildman–Crippen LogP) is 2.38. The lowest BCUT2D eigenvalue weighted by Gasteiger charge is -2.22. The maximum Gasteiger partial charge on any atom is 0.268 e. The van der Waals surface area contributed by atoms with Crippen LogP contribution in [0.15, 0.2) is 18.2 Å². The molecule has 0 radical (unpaired) electrons. The number of carbonyl (C=O) groups excluding carboxylic acids is 3. The van der Waals surface area contributed by atoms with Gasteiger partial charge >= 0.3 is 0 Å². The van der Waals surface area contributed by atoms with Gasteiger partial charge in [-0.2, -0.15) is 5.26 Å². The Kier molecular flexibility index (Phi) is 8.10. The molecule has 1 aliphatic heterocycles. The van der Waals surface area contributed by atoms with E-state index in [1.165, 1.54) is 25.3 Å². The third-order valence-electron chi connectivity index (χ3n) is 5.94. The molecule has 1 aromatic heterocycles. The van der Waals surface area contributed by atoms with E-state index in [1.807, 2.05) is 13.8 Å². The number of methoxy groups -OCH3 is 1. The Morgan fingerprint density at radius 3 is 2.71 bits per heavy atom. The molecular formula is C24H30FN5O4. The molecule has 0 saturated carbocycles. The van der Waals surface area contributed by atoms with Gasteiger partial charge in [0.25, 0.3) is 5.91 Å². The summed E-state index contributed by atoms with van der Waals surface area (Å²) in [4.78, 5) is 40.4. The maximum absolute atomic E-state index is 14.2. The second kappa shape index (κ2) is 11.0. The van der Waals surface area contributed by atoms with Crippen molar-refractivity contribution in [3.8, 4) is 11.8 Å². The number of hydrogen-bond donors (Lipinski definition) is 4. The molecule has 0 aliphatic carbocycles. The first-order chi connectivity index (χ1) is 16.2. The molecule has 3 rings (SSSR count). The van der Waals surface area contributed by atoms with Crippen molar-refractivity contribution in [1.29, 1.82) is 5.26 Å². The number of aromatic amines is 1. The van der Waals surface area contributed by atoms with Gasteiger partial charge in [0.2, 0.25) is 11.8 Å². The highest BCUT2D eigenvalue weighted by Crippen LogP contribution is 2.28. The van der Waals surface area contributed by atoms with E-state index in [2.05, 4.69) is 27.0 Å². The quantitative estimate of drug-likeness (QED) is 0.422. The fourth-order valence-corrected chi connectivity index (χ4v) is 4.13.